The number of carboxylic acids is 1. The molecule has 0 saturated heterocycles. The first-order chi connectivity index (χ1) is 9.20. The summed E-state index contributed by atoms with van der Waals surface area (Å²) in [5, 5.41) is 12.0. The first kappa shape index (κ1) is 13.0. The maximum atomic E-state index is 10.8. The maximum Gasteiger partial charge on any atom is 0.356 e. The van der Waals surface area contributed by atoms with Gasteiger partial charge >= 0.3 is 5.97 Å². The van der Waals surface area contributed by atoms with E-state index in [4.69, 9.17) is 5.11 Å². The van der Waals surface area contributed by atoms with Crippen molar-refractivity contribution in [3.05, 3.63) is 47.9 Å². The zero-order chi connectivity index (χ0) is 13.7. The molecule has 0 amide bonds. The molecule has 2 rings (SSSR count). The summed E-state index contributed by atoms with van der Waals surface area (Å²) in [7, 11) is 0. The fraction of sp³-hybridized carbons (Fsp3) is 0.214. The van der Waals surface area contributed by atoms with Gasteiger partial charge in [-0.3, -0.25) is 4.98 Å². The summed E-state index contributed by atoms with van der Waals surface area (Å²) >= 11 is 0. The summed E-state index contributed by atoms with van der Waals surface area (Å²) in [6, 6.07) is 7.89. The first-order valence-corrected chi connectivity index (χ1v) is 6.11. The van der Waals surface area contributed by atoms with Crippen LogP contribution in [0.15, 0.2) is 36.7 Å². The van der Waals surface area contributed by atoms with Crippen LogP contribution in [0.1, 0.15) is 29.4 Å². The Labute approximate surface area is 111 Å². The Morgan fingerprint density at radius 1 is 1.32 bits per heavy atom. The predicted octanol–water partition coefficient (Wildman–Crippen LogP) is 2.87. The van der Waals surface area contributed by atoms with E-state index in [1.807, 2.05) is 24.3 Å². The standard InChI is InChI=1S/C14H15N3O2/c1-2-5-10-6-3-4-7-11(10)16-13-9-15-8-12(17-13)14(18)19/h3-4,6-9H,2,5H2,1H3,(H,16,17)(H,18,19). The fourth-order valence-electron chi connectivity index (χ4n) is 1.80. The van der Waals surface area contributed by atoms with E-state index >= 15 is 0 Å². The number of hydrogen-bond donors (Lipinski definition) is 2. The number of carbonyl (C=O) groups is 1. The van der Waals surface area contributed by atoms with E-state index in [0.29, 0.717) is 5.82 Å². The average molecular weight is 257 g/mol. The first-order valence-electron chi connectivity index (χ1n) is 6.11. The number of aromatic carboxylic acids is 1. The van der Waals surface area contributed by atoms with Crippen LogP contribution in [0.5, 0.6) is 0 Å². The van der Waals surface area contributed by atoms with Crippen LogP contribution < -0.4 is 5.32 Å². The molecule has 0 atom stereocenters. The van der Waals surface area contributed by atoms with E-state index < -0.39 is 5.97 Å². The summed E-state index contributed by atoms with van der Waals surface area (Å²) < 4.78 is 0. The Bertz CT molecular complexity index is 584. The fourth-order valence-corrected chi connectivity index (χ4v) is 1.80. The molecule has 0 bridgehead atoms. The molecule has 0 fully saturated rings. The number of anilines is 2. The largest absolute Gasteiger partial charge is 0.476 e. The minimum absolute atomic E-state index is 0.0713. The molecule has 2 N–H and O–H groups in total. The third-order valence-electron chi connectivity index (χ3n) is 2.65. The lowest BCUT2D eigenvalue weighted by atomic mass is 10.1. The van der Waals surface area contributed by atoms with Gasteiger partial charge in [0.15, 0.2) is 5.69 Å². The lowest BCUT2D eigenvalue weighted by Gasteiger charge is -2.10. The molecule has 98 valence electrons. The highest BCUT2D eigenvalue weighted by molar-refractivity contribution is 5.85. The normalized spacial score (nSPS) is 10.2. The third-order valence-corrected chi connectivity index (χ3v) is 2.65. The van der Waals surface area contributed by atoms with Gasteiger partial charge in [0, 0.05) is 5.69 Å². The minimum Gasteiger partial charge on any atom is -0.476 e. The van der Waals surface area contributed by atoms with Crippen molar-refractivity contribution in [1.29, 1.82) is 0 Å². The van der Waals surface area contributed by atoms with Crippen molar-refractivity contribution in [1.82, 2.24) is 9.97 Å². The molecule has 0 aliphatic rings. The summed E-state index contributed by atoms with van der Waals surface area (Å²) in [5.74, 6) is -0.651. The minimum atomic E-state index is -1.09. The van der Waals surface area contributed by atoms with Crippen LogP contribution in [0.4, 0.5) is 11.5 Å². The van der Waals surface area contributed by atoms with Gasteiger partial charge < -0.3 is 10.4 Å². The molecule has 0 radical (unpaired) electrons. The number of aromatic nitrogens is 2. The second-order valence-electron chi connectivity index (χ2n) is 4.13. The summed E-state index contributed by atoms with van der Waals surface area (Å²) in [5.41, 5.74) is 2.03. The van der Waals surface area contributed by atoms with Crippen LogP contribution in [-0.4, -0.2) is 21.0 Å². The molecule has 0 saturated carbocycles. The summed E-state index contributed by atoms with van der Waals surface area (Å²) in [6.07, 6.45) is 4.73. The molecule has 5 nitrogen and oxygen atoms in total. The van der Waals surface area contributed by atoms with Crippen molar-refractivity contribution in [2.45, 2.75) is 19.8 Å². The second kappa shape index (κ2) is 5.95. The average Bonchev–Trinajstić information content (AvgIpc) is 2.41. The number of aryl methyl sites for hydroxylation is 1. The van der Waals surface area contributed by atoms with Crippen LogP contribution in [0.3, 0.4) is 0 Å². The van der Waals surface area contributed by atoms with Crippen LogP contribution >= 0.6 is 0 Å². The van der Waals surface area contributed by atoms with Crippen molar-refractivity contribution in [3.8, 4) is 0 Å². The summed E-state index contributed by atoms with van der Waals surface area (Å²) in [4.78, 5) is 18.7. The van der Waals surface area contributed by atoms with Gasteiger partial charge in [-0.15, -0.1) is 0 Å². The van der Waals surface area contributed by atoms with Gasteiger partial charge in [-0.2, -0.15) is 0 Å². The molecule has 0 spiro atoms. The number of nitrogens with one attached hydrogen (secondary N) is 1. The van der Waals surface area contributed by atoms with E-state index in [1.54, 1.807) is 0 Å². The molecular formula is C14H15N3O2. The molecule has 2 aromatic rings. The zero-order valence-corrected chi connectivity index (χ0v) is 10.6. The second-order valence-corrected chi connectivity index (χ2v) is 4.13. The third kappa shape index (κ3) is 3.28. The maximum absolute atomic E-state index is 10.8. The van der Waals surface area contributed by atoms with Gasteiger partial charge in [-0.25, -0.2) is 9.78 Å². The van der Waals surface area contributed by atoms with Crippen LogP contribution in [0, 0.1) is 0 Å². The van der Waals surface area contributed by atoms with Gasteiger partial charge in [0.2, 0.25) is 0 Å². The van der Waals surface area contributed by atoms with Gasteiger partial charge in [-0.1, -0.05) is 31.5 Å². The van der Waals surface area contributed by atoms with E-state index in [-0.39, 0.29) is 5.69 Å². The molecule has 1 aromatic heterocycles. The van der Waals surface area contributed by atoms with Crippen molar-refractivity contribution in [2.75, 3.05) is 5.32 Å². The molecule has 0 unspecified atom stereocenters. The lowest BCUT2D eigenvalue weighted by molar-refractivity contribution is 0.0690. The Morgan fingerprint density at radius 2 is 2.11 bits per heavy atom. The highest BCUT2D eigenvalue weighted by atomic mass is 16.4. The van der Waals surface area contributed by atoms with Crippen LogP contribution in [0.25, 0.3) is 0 Å². The quantitative estimate of drug-likeness (QED) is 0.861. The lowest BCUT2D eigenvalue weighted by Crippen LogP contribution is -2.05. The highest BCUT2D eigenvalue weighted by Crippen LogP contribution is 2.20. The smallest absolute Gasteiger partial charge is 0.356 e. The SMILES string of the molecule is CCCc1ccccc1Nc1cncc(C(=O)O)n1. The molecular weight excluding hydrogens is 242 g/mol. The predicted molar refractivity (Wildman–Crippen MR) is 72.7 cm³/mol. The highest BCUT2D eigenvalue weighted by Gasteiger charge is 2.07. The molecule has 1 heterocycles. The monoisotopic (exact) mass is 257 g/mol. The molecule has 5 heteroatoms. The Kier molecular flexibility index (Phi) is 4.07. The number of hydrogen-bond acceptors (Lipinski definition) is 4. The topological polar surface area (TPSA) is 75.1 Å². The molecule has 1 aromatic carbocycles. The van der Waals surface area contributed by atoms with Crippen LogP contribution in [-0.2, 0) is 6.42 Å². The number of carboxylic acid groups (broad SMARTS) is 1. The van der Waals surface area contributed by atoms with Gasteiger partial charge in [0.1, 0.15) is 5.82 Å². The van der Waals surface area contributed by atoms with Crippen molar-refractivity contribution in [3.63, 3.8) is 0 Å². The Morgan fingerprint density at radius 3 is 2.84 bits per heavy atom. The number of para-hydroxylation sites is 1. The van der Waals surface area contributed by atoms with Crippen molar-refractivity contribution < 1.29 is 9.90 Å². The van der Waals surface area contributed by atoms with Gasteiger partial charge in [-0.05, 0) is 18.1 Å². The summed E-state index contributed by atoms with van der Waals surface area (Å²) in [6.45, 7) is 2.11. The number of nitrogens with zero attached hydrogens (tertiary/aromatic N) is 2. The molecule has 0 aliphatic carbocycles. The Hall–Kier alpha value is -2.43. The van der Waals surface area contributed by atoms with Crippen molar-refractivity contribution >= 4 is 17.5 Å². The number of rotatable bonds is 5. The number of benzene rings is 1. The van der Waals surface area contributed by atoms with E-state index in [1.165, 1.54) is 18.0 Å². The van der Waals surface area contributed by atoms with Crippen LogP contribution in [0.2, 0.25) is 0 Å². The Balaban J connectivity index is 2.26. The van der Waals surface area contributed by atoms with E-state index in [9.17, 15) is 4.79 Å². The molecule has 0 aliphatic heterocycles. The van der Waals surface area contributed by atoms with Gasteiger partial charge in [0.05, 0.1) is 12.4 Å². The van der Waals surface area contributed by atoms with Gasteiger partial charge in [0.25, 0.3) is 0 Å². The zero-order valence-electron chi connectivity index (χ0n) is 10.6. The van der Waals surface area contributed by atoms with E-state index in [0.717, 1.165) is 18.5 Å². The molecule has 19 heavy (non-hydrogen) atoms. The van der Waals surface area contributed by atoms with Crippen molar-refractivity contribution in [2.24, 2.45) is 0 Å². The van der Waals surface area contributed by atoms with E-state index in [2.05, 4.69) is 22.2 Å².